The summed E-state index contributed by atoms with van der Waals surface area (Å²) in [4.78, 5) is 29.2. The van der Waals surface area contributed by atoms with Crippen molar-refractivity contribution < 1.29 is 13.6 Å². The van der Waals surface area contributed by atoms with Gasteiger partial charge in [-0.3, -0.25) is 9.59 Å². The van der Waals surface area contributed by atoms with Crippen LogP contribution in [-0.2, 0) is 0 Å². The topological polar surface area (TPSA) is 98.2 Å². The van der Waals surface area contributed by atoms with Gasteiger partial charge in [-0.15, -0.1) is 6.42 Å². The number of nitrogens with zero attached hydrogens (tertiary/aromatic N) is 1. The summed E-state index contributed by atoms with van der Waals surface area (Å²) in [6.07, 6.45) is 5.42. The molecule has 0 aliphatic carbocycles. The largest absolute Gasteiger partial charge is 0.455 e. The van der Waals surface area contributed by atoms with E-state index in [0.29, 0.717) is 16.6 Å². The Labute approximate surface area is 205 Å². The van der Waals surface area contributed by atoms with Crippen molar-refractivity contribution >= 4 is 34.2 Å². The molecule has 1 amide bonds. The lowest BCUT2D eigenvalue weighted by atomic mass is 9.98. The molecular formula is C27H21ClFN3O3. The molecule has 35 heavy (non-hydrogen) atoms. The van der Waals surface area contributed by atoms with E-state index in [9.17, 15) is 9.59 Å². The smallest absolute Gasteiger partial charge is 0.269 e. The molecule has 0 fully saturated rings. The number of terminal acetylenes is 1. The standard InChI is InChI=1S/C27H21ClFN3O3/c1-5-16-7-6-8-17(22(16)29)25-14(3)24(33)19-12-13(2)11-18(26(19)35-25)15(4)31-20-9-10-21(28)32-23(20)27(30)34/h1,6-12,15,31H,2-4H3,(H2,30,34)/t15-/m1/s1. The number of carbonyl (C=O) groups excluding carboxylic acids is 1. The molecule has 0 bridgehead atoms. The molecule has 6 nitrogen and oxygen atoms in total. The fourth-order valence-electron chi connectivity index (χ4n) is 4.02. The summed E-state index contributed by atoms with van der Waals surface area (Å²) in [7, 11) is 0. The van der Waals surface area contributed by atoms with E-state index in [1.165, 1.54) is 18.2 Å². The zero-order valence-electron chi connectivity index (χ0n) is 19.2. The Bertz CT molecular complexity index is 1600. The van der Waals surface area contributed by atoms with Gasteiger partial charge in [-0.1, -0.05) is 29.7 Å². The lowest BCUT2D eigenvalue weighted by Gasteiger charge is -2.20. The summed E-state index contributed by atoms with van der Waals surface area (Å²) in [5.74, 6) is 1.01. The minimum Gasteiger partial charge on any atom is -0.455 e. The van der Waals surface area contributed by atoms with Crippen LogP contribution in [0.25, 0.3) is 22.3 Å². The van der Waals surface area contributed by atoms with Crippen LogP contribution in [0.5, 0.6) is 0 Å². The predicted octanol–water partition coefficient (Wildman–Crippen LogP) is 5.52. The summed E-state index contributed by atoms with van der Waals surface area (Å²) in [5, 5.41) is 3.67. The van der Waals surface area contributed by atoms with Gasteiger partial charge in [0.15, 0.2) is 11.1 Å². The minimum absolute atomic E-state index is 0.0209. The Morgan fingerprint density at radius 2 is 2.00 bits per heavy atom. The second kappa shape index (κ2) is 9.24. The van der Waals surface area contributed by atoms with Gasteiger partial charge in [-0.25, -0.2) is 9.37 Å². The van der Waals surface area contributed by atoms with Gasteiger partial charge in [0.25, 0.3) is 5.91 Å². The summed E-state index contributed by atoms with van der Waals surface area (Å²) in [5.41, 5.74) is 7.69. The highest BCUT2D eigenvalue weighted by Crippen LogP contribution is 2.34. The third-order valence-corrected chi connectivity index (χ3v) is 5.93. The van der Waals surface area contributed by atoms with E-state index in [1.54, 1.807) is 25.1 Å². The molecule has 176 valence electrons. The van der Waals surface area contributed by atoms with Crippen LogP contribution in [0.4, 0.5) is 10.1 Å². The lowest BCUT2D eigenvalue weighted by Crippen LogP contribution is -2.18. The number of fused-ring (bicyclic) bond motifs is 1. The fraction of sp³-hybridized carbons (Fsp3) is 0.148. The van der Waals surface area contributed by atoms with Crippen molar-refractivity contribution in [1.82, 2.24) is 4.98 Å². The fourth-order valence-corrected chi connectivity index (χ4v) is 4.16. The maximum Gasteiger partial charge on any atom is 0.269 e. The SMILES string of the molecule is C#Cc1cccc(-c2oc3c([C@@H](C)Nc4ccc(Cl)nc4C(N)=O)cc(C)cc3c(=O)c2C)c1F. The number of hydrogen-bond donors (Lipinski definition) is 2. The van der Waals surface area contributed by atoms with Crippen LogP contribution in [0.15, 0.2) is 51.7 Å². The maximum atomic E-state index is 15.1. The average Bonchev–Trinajstić information content (AvgIpc) is 2.82. The van der Waals surface area contributed by atoms with E-state index in [2.05, 4.69) is 16.2 Å². The Balaban J connectivity index is 1.93. The molecule has 0 unspecified atom stereocenters. The van der Waals surface area contributed by atoms with Crippen LogP contribution in [0, 0.1) is 32.0 Å². The number of halogens is 2. The highest BCUT2D eigenvalue weighted by atomic mass is 35.5. The third-order valence-electron chi connectivity index (χ3n) is 5.72. The first-order valence-electron chi connectivity index (χ1n) is 10.7. The predicted molar refractivity (Wildman–Crippen MR) is 135 cm³/mol. The normalized spacial score (nSPS) is 11.8. The number of nitrogens with two attached hydrogens (primary N) is 1. The molecule has 0 spiro atoms. The van der Waals surface area contributed by atoms with E-state index in [0.717, 1.165) is 5.56 Å². The second-order valence-electron chi connectivity index (χ2n) is 8.19. The molecular weight excluding hydrogens is 469 g/mol. The van der Waals surface area contributed by atoms with Crippen molar-refractivity contribution in [2.24, 2.45) is 5.73 Å². The number of hydrogen-bond acceptors (Lipinski definition) is 5. The van der Waals surface area contributed by atoms with Gasteiger partial charge in [-0.05, 0) is 56.7 Å². The quantitative estimate of drug-likeness (QED) is 0.284. The number of anilines is 1. The van der Waals surface area contributed by atoms with Crippen LogP contribution in [0.2, 0.25) is 5.15 Å². The second-order valence-corrected chi connectivity index (χ2v) is 8.58. The van der Waals surface area contributed by atoms with Crippen LogP contribution >= 0.6 is 11.6 Å². The van der Waals surface area contributed by atoms with E-state index >= 15 is 4.39 Å². The zero-order chi connectivity index (χ0) is 25.4. The number of carbonyl (C=O) groups is 1. The molecule has 4 rings (SSSR count). The van der Waals surface area contributed by atoms with E-state index in [-0.39, 0.29) is 44.3 Å². The Morgan fingerprint density at radius 3 is 2.69 bits per heavy atom. The van der Waals surface area contributed by atoms with E-state index < -0.39 is 17.8 Å². The summed E-state index contributed by atoms with van der Waals surface area (Å²) >= 11 is 5.92. The number of aryl methyl sites for hydroxylation is 1. The number of benzene rings is 2. The van der Waals surface area contributed by atoms with Crippen molar-refractivity contribution in [2.45, 2.75) is 26.8 Å². The molecule has 3 N–H and O–H groups in total. The first kappa shape index (κ1) is 24.0. The van der Waals surface area contributed by atoms with Crippen molar-refractivity contribution in [3.8, 4) is 23.7 Å². The summed E-state index contributed by atoms with van der Waals surface area (Å²) < 4.78 is 21.3. The summed E-state index contributed by atoms with van der Waals surface area (Å²) in [6, 6.07) is 10.8. The third kappa shape index (κ3) is 4.36. The van der Waals surface area contributed by atoms with Gasteiger partial charge < -0.3 is 15.5 Å². The minimum atomic E-state index is -0.746. The van der Waals surface area contributed by atoms with Crippen LogP contribution in [0.1, 0.15) is 45.7 Å². The molecule has 1 atom stereocenters. The Morgan fingerprint density at radius 1 is 1.26 bits per heavy atom. The lowest BCUT2D eigenvalue weighted by molar-refractivity contribution is 0.0996. The zero-order valence-corrected chi connectivity index (χ0v) is 20.0. The molecule has 0 aliphatic heterocycles. The van der Waals surface area contributed by atoms with Gasteiger partial charge in [0.05, 0.1) is 28.2 Å². The Kier molecular flexibility index (Phi) is 6.33. The maximum absolute atomic E-state index is 15.1. The molecule has 2 aromatic carbocycles. The molecule has 2 heterocycles. The molecule has 4 aromatic rings. The molecule has 0 saturated carbocycles. The number of aromatic nitrogens is 1. The number of pyridine rings is 1. The van der Waals surface area contributed by atoms with Crippen LogP contribution < -0.4 is 16.5 Å². The van der Waals surface area contributed by atoms with Gasteiger partial charge in [0.1, 0.15) is 22.3 Å². The molecule has 0 radical (unpaired) electrons. The van der Waals surface area contributed by atoms with Crippen molar-refractivity contribution in [3.05, 3.63) is 91.6 Å². The molecule has 8 heteroatoms. The van der Waals surface area contributed by atoms with E-state index in [4.69, 9.17) is 28.2 Å². The summed E-state index contributed by atoms with van der Waals surface area (Å²) in [6.45, 7) is 5.27. The number of primary amides is 1. The van der Waals surface area contributed by atoms with Gasteiger partial charge in [-0.2, -0.15) is 0 Å². The van der Waals surface area contributed by atoms with Crippen molar-refractivity contribution in [2.75, 3.05) is 5.32 Å². The number of nitrogens with one attached hydrogen (secondary N) is 1. The van der Waals surface area contributed by atoms with Crippen LogP contribution in [0.3, 0.4) is 0 Å². The van der Waals surface area contributed by atoms with Crippen molar-refractivity contribution in [3.63, 3.8) is 0 Å². The highest BCUT2D eigenvalue weighted by Gasteiger charge is 2.22. The monoisotopic (exact) mass is 489 g/mol. The van der Waals surface area contributed by atoms with Crippen LogP contribution in [-0.4, -0.2) is 10.9 Å². The van der Waals surface area contributed by atoms with Crippen molar-refractivity contribution in [1.29, 1.82) is 0 Å². The van der Waals surface area contributed by atoms with Gasteiger partial charge in [0, 0.05) is 11.1 Å². The molecule has 0 saturated heterocycles. The molecule has 0 aliphatic rings. The number of amides is 1. The van der Waals surface area contributed by atoms with Gasteiger partial charge >= 0.3 is 0 Å². The Hall–Kier alpha value is -4.15. The first-order chi connectivity index (χ1) is 16.6. The molecule has 2 aromatic heterocycles. The highest BCUT2D eigenvalue weighted by molar-refractivity contribution is 6.29. The van der Waals surface area contributed by atoms with E-state index in [1.807, 2.05) is 19.9 Å². The average molecular weight is 490 g/mol. The number of rotatable bonds is 5. The first-order valence-corrected chi connectivity index (χ1v) is 11.1. The van der Waals surface area contributed by atoms with Gasteiger partial charge in [0.2, 0.25) is 0 Å².